The highest BCUT2D eigenvalue weighted by Crippen LogP contribution is 2.23. The van der Waals surface area contributed by atoms with Crippen LogP contribution in [-0.4, -0.2) is 45.7 Å². The number of carboxylic acid groups (broad SMARTS) is 1. The van der Waals surface area contributed by atoms with Gasteiger partial charge in [0.2, 0.25) is 5.91 Å². The number of aliphatic hydroxyl groups is 1. The first-order chi connectivity index (χ1) is 16.4. The molecule has 1 aliphatic rings. The number of aromatic carboxylic acids is 1. The van der Waals surface area contributed by atoms with E-state index in [1.54, 1.807) is 12.1 Å². The smallest absolute Gasteiger partial charge is 0.345 e. The predicted molar refractivity (Wildman–Crippen MR) is 137 cm³/mol. The Morgan fingerprint density at radius 3 is 2.65 bits per heavy atom. The molecule has 1 saturated heterocycles. The number of carbonyl (C=O) groups excluding carboxylic acids is 1. The van der Waals surface area contributed by atoms with Gasteiger partial charge >= 0.3 is 5.97 Å². The van der Waals surface area contributed by atoms with Crippen molar-refractivity contribution < 1.29 is 19.8 Å². The van der Waals surface area contributed by atoms with Crippen LogP contribution in [0.1, 0.15) is 65.1 Å². The van der Waals surface area contributed by atoms with Crippen molar-refractivity contribution in [3.63, 3.8) is 0 Å². The highest BCUT2D eigenvalue weighted by Gasteiger charge is 2.28. The van der Waals surface area contributed by atoms with Gasteiger partial charge in [-0.2, -0.15) is 0 Å². The monoisotopic (exact) mass is 481 g/mol. The van der Waals surface area contributed by atoms with Gasteiger partial charge in [0.15, 0.2) is 0 Å². The van der Waals surface area contributed by atoms with Gasteiger partial charge in [-0.3, -0.25) is 4.79 Å². The van der Waals surface area contributed by atoms with Crippen LogP contribution in [0.4, 0.5) is 0 Å². The molecule has 0 spiro atoms. The maximum Gasteiger partial charge on any atom is 0.345 e. The maximum atomic E-state index is 12.3. The van der Waals surface area contributed by atoms with Gasteiger partial charge in [-0.1, -0.05) is 55.5 Å². The molecule has 0 aliphatic carbocycles. The van der Waals surface area contributed by atoms with Crippen LogP contribution in [-0.2, 0) is 17.6 Å². The minimum Gasteiger partial charge on any atom is -0.477 e. The van der Waals surface area contributed by atoms with E-state index in [2.05, 4.69) is 30.8 Å². The molecule has 2 heterocycles. The number of thiophene rings is 1. The summed E-state index contributed by atoms with van der Waals surface area (Å²) in [4.78, 5) is 26.6. The van der Waals surface area contributed by atoms with Crippen LogP contribution >= 0.6 is 11.3 Å². The van der Waals surface area contributed by atoms with E-state index in [0.717, 1.165) is 61.8 Å². The third kappa shape index (κ3) is 7.96. The number of aliphatic hydroxyl groups excluding tert-OH is 1. The molecule has 0 saturated carbocycles. The van der Waals surface area contributed by atoms with Crippen molar-refractivity contribution in [1.82, 2.24) is 4.90 Å². The third-order valence-corrected chi connectivity index (χ3v) is 7.44. The molecule has 1 amide bonds. The van der Waals surface area contributed by atoms with E-state index in [-0.39, 0.29) is 11.9 Å². The Kier molecular flexibility index (Phi) is 10.1. The predicted octanol–water partition coefficient (Wildman–Crippen LogP) is 5.65. The minimum atomic E-state index is -0.900. The first-order valence-electron chi connectivity index (χ1n) is 12.1. The molecule has 1 fully saturated rings. The lowest BCUT2D eigenvalue weighted by atomic mass is 10.0. The highest BCUT2D eigenvalue weighted by atomic mass is 32.1. The normalized spacial score (nSPS) is 16.9. The standard InChI is InChI=1S/C28H35NO4S/c1-21(9-4-2-5-10-22-11-6-3-7-12-22)25(30)17-14-23-15-19-27(31)29(23)20-8-13-24-16-18-26(34-24)28(32)33/h3,6-7,11-12,14,16-18,23,25,30H,1-2,4-5,8-10,13,15,19-20H2,(H,32,33)/b17-14+/t23-,25-/m0/s1. The molecule has 1 aromatic heterocycles. The number of hydrogen-bond acceptors (Lipinski definition) is 4. The molecule has 34 heavy (non-hydrogen) atoms. The zero-order valence-electron chi connectivity index (χ0n) is 19.7. The van der Waals surface area contributed by atoms with Gasteiger partial charge in [-0.25, -0.2) is 4.79 Å². The minimum absolute atomic E-state index is 0.00117. The number of benzene rings is 1. The van der Waals surface area contributed by atoms with Gasteiger partial charge < -0.3 is 15.1 Å². The van der Waals surface area contributed by atoms with Crippen LogP contribution in [0.2, 0.25) is 0 Å². The Morgan fingerprint density at radius 1 is 1.12 bits per heavy atom. The quantitative estimate of drug-likeness (QED) is 0.270. The number of aryl methyl sites for hydroxylation is 2. The zero-order chi connectivity index (χ0) is 24.3. The fourth-order valence-corrected chi connectivity index (χ4v) is 5.21. The number of likely N-dealkylation sites (tertiary alicyclic amines) is 1. The number of carbonyl (C=O) groups is 2. The Hall–Kier alpha value is -2.70. The second-order valence-electron chi connectivity index (χ2n) is 8.90. The molecule has 1 aromatic carbocycles. The van der Waals surface area contributed by atoms with Gasteiger partial charge in [0, 0.05) is 17.8 Å². The molecule has 2 atom stereocenters. The molecule has 2 N–H and O–H groups in total. The molecule has 2 aromatic rings. The van der Waals surface area contributed by atoms with E-state index in [9.17, 15) is 14.7 Å². The Morgan fingerprint density at radius 2 is 1.91 bits per heavy atom. The molecule has 182 valence electrons. The summed E-state index contributed by atoms with van der Waals surface area (Å²) in [6.07, 6.45) is 11.0. The number of nitrogens with zero attached hydrogens (tertiary/aromatic N) is 1. The van der Waals surface area contributed by atoms with Crippen LogP contribution in [0.15, 0.2) is 66.8 Å². The topological polar surface area (TPSA) is 77.8 Å². The largest absolute Gasteiger partial charge is 0.477 e. The number of rotatable bonds is 14. The molecule has 5 nitrogen and oxygen atoms in total. The molecule has 6 heteroatoms. The summed E-state index contributed by atoms with van der Waals surface area (Å²) in [5, 5.41) is 19.5. The van der Waals surface area contributed by atoms with Crippen LogP contribution in [0, 0.1) is 0 Å². The molecule has 3 rings (SSSR count). The molecular formula is C28H35NO4S. The van der Waals surface area contributed by atoms with Gasteiger partial charge in [0.25, 0.3) is 0 Å². The van der Waals surface area contributed by atoms with Crippen molar-refractivity contribution >= 4 is 23.2 Å². The van der Waals surface area contributed by atoms with E-state index in [1.165, 1.54) is 16.9 Å². The van der Waals surface area contributed by atoms with E-state index in [0.29, 0.717) is 17.8 Å². The number of unbranched alkanes of at least 4 members (excludes halogenated alkanes) is 2. The Bertz CT molecular complexity index is 981. The molecule has 0 radical (unpaired) electrons. The summed E-state index contributed by atoms with van der Waals surface area (Å²) < 4.78 is 0. The van der Waals surface area contributed by atoms with Crippen molar-refractivity contribution in [2.45, 2.75) is 69.9 Å². The molecule has 1 aliphatic heterocycles. The van der Waals surface area contributed by atoms with Gasteiger partial charge in [-0.15, -0.1) is 11.3 Å². The van der Waals surface area contributed by atoms with Crippen molar-refractivity contribution in [3.05, 3.63) is 82.1 Å². The molecular weight excluding hydrogens is 446 g/mol. The average Bonchev–Trinajstić information content (AvgIpc) is 3.45. The number of hydrogen-bond donors (Lipinski definition) is 2. The van der Waals surface area contributed by atoms with Crippen LogP contribution in [0.25, 0.3) is 0 Å². The van der Waals surface area contributed by atoms with Gasteiger partial charge in [-0.05, 0) is 68.2 Å². The van der Waals surface area contributed by atoms with Crippen LogP contribution < -0.4 is 0 Å². The first-order valence-corrected chi connectivity index (χ1v) is 12.9. The summed E-state index contributed by atoms with van der Waals surface area (Å²) >= 11 is 1.29. The van der Waals surface area contributed by atoms with Crippen molar-refractivity contribution in [2.75, 3.05) is 6.54 Å². The van der Waals surface area contributed by atoms with Crippen molar-refractivity contribution in [2.24, 2.45) is 0 Å². The highest BCUT2D eigenvalue weighted by molar-refractivity contribution is 7.13. The Labute approximate surface area is 206 Å². The Balaban J connectivity index is 1.37. The zero-order valence-corrected chi connectivity index (χ0v) is 20.5. The SMILES string of the molecule is C=C(CCCCCc1ccccc1)[C@@H](O)/C=C/[C@H]1CCC(=O)N1CCCc1ccc(C(=O)O)s1. The van der Waals surface area contributed by atoms with Gasteiger partial charge in [0.1, 0.15) is 4.88 Å². The van der Waals surface area contributed by atoms with E-state index in [1.807, 2.05) is 23.1 Å². The van der Waals surface area contributed by atoms with E-state index in [4.69, 9.17) is 5.11 Å². The number of amides is 1. The van der Waals surface area contributed by atoms with Gasteiger partial charge in [0.05, 0.1) is 12.1 Å². The second-order valence-corrected chi connectivity index (χ2v) is 10.1. The molecule has 0 bridgehead atoms. The summed E-state index contributed by atoms with van der Waals surface area (Å²) in [5.41, 5.74) is 2.18. The summed E-state index contributed by atoms with van der Waals surface area (Å²) in [6.45, 7) is 4.70. The molecule has 0 unspecified atom stereocenters. The summed E-state index contributed by atoms with van der Waals surface area (Å²) in [7, 11) is 0. The number of carboxylic acids is 1. The summed E-state index contributed by atoms with van der Waals surface area (Å²) in [6, 6.07) is 14.0. The first kappa shape index (κ1) is 25.9. The lowest BCUT2D eigenvalue weighted by Crippen LogP contribution is -2.33. The third-order valence-electron chi connectivity index (χ3n) is 6.31. The average molecular weight is 482 g/mol. The fourth-order valence-electron chi connectivity index (χ4n) is 4.32. The second kappa shape index (κ2) is 13.3. The maximum absolute atomic E-state index is 12.3. The lowest BCUT2D eigenvalue weighted by molar-refractivity contribution is -0.128. The van der Waals surface area contributed by atoms with Crippen LogP contribution in [0.5, 0.6) is 0 Å². The van der Waals surface area contributed by atoms with Crippen molar-refractivity contribution in [1.29, 1.82) is 0 Å². The summed E-state index contributed by atoms with van der Waals surface area (Å²) in [5.74, 6) is -0.762. The van der Waals surface area contributed by atoms with Crippen LogP contribution in [0.3, 0.4) is 0 Å². The lowest BCUT2D eigenvalue weighted by Gasteiger charge is -2.22. The van der Waals surface area contributed by atoms with E-state index < -0.39 is 12.1 Å². The van der Waals surface area contributed by atoms with E-state index >= 15 is 0 Å². The van der Waals surface area contributed by atoms with Crippen molar-refractivity contribution in [3.8, 4) is 0 Å². The fraction of sp³-hybridized carbons (Fsp3) is 0.429.